The van der Waals surface area contributed by atoms with Crippen LogP contribution in [0.4, 0.5) is 0 Å². The second-order valence-electron chi connectivity index (χ2n) is 7.12. The summed E-state index contributed by atoms with van der Waals surface area (Å²) in [6, 6.07) is 21.7. The molecule has 0 aliphatic carbocycles. The maximum Gasteiger partial charge on any atom is 0.251 e. The Morgan fingerprint density at radius 1 is 1.03 bits per heavy atom. The van der Waals surface area contributed by atoms with Crippen molar-refractivity contribution in [1.29, 1.82) is 0 Å². The molecule has 0 aliphatic heterocycles. The zero-order valence-electron chi connectivity index (χ0n) is 17.5. The lowest BCUT2D eigenvalue weighted by molar-refractivity contribution is 0.100. The van der Waals surface area contributed by atoms with Crippen molar-refractivity contribution in [2.24, 2.45) is 5.73 Å². The van der Waals surface area contributed by atoms with Crippen molar-refractivity contribution in [2.45, 2.75) is 0 Å². The average molecular weight is 455 g/mol. The minimum absolute atomic E-state index is 0.0912. The number of rotatable bonds is 7. The van der Waals surface area contributed by atoms with Crippen LogP contribution in [0.2, 0.25) is 5.02 Å². The SMILES string of the molecule is C=Cc1cc(Oc2ccccc2)c(C=O)c(Cl)c1-c1nccc(-c2ccccc2)c1C(N)=O. The van der Waals surface area contributed by atoms with Crippen LogP contribution >= 0.6 is 11.6 Å². The molecule has 1 amide bonds. The van der Waals surface area contributed by atoms with Crippen LogP contribution in [-0.4, -0.2) is 17.2 Å². The molecule has 0 radical (unpaired) electrons. The Balaban J connectivity index is 1.97. The van der Waals surface area contributed by atoms with Gasteiger partial charge in [-0.15, -0.1) is 0 Å². The van der Waals surface area contributed by atoms with Gasteiger partial charge in [0.15, 0.2) is 6.29 Å². The van der Waals surface area contributed by atoms with Crippen LogP contribution in [0.25, 0.3) is 28.5 Å². The Morgan fingerprint density at radius 2 is 1.70 bits per heavy atom. The molecule has 0 bridgehead atoms. The number of nitrogens with zero attached hydrogens (tertiary/aromatic N) is 1. The Hall–Kier alpha value is -4.22. The molecule has 0 aliphatic rings. The van der Waals surface area contributed by atoms with Crippen molar-refractivity contribution in [3.8, 4) is 33.9 Å². The van der Waals surface area contributed by atoms with Crippen LogP contribution in [0.3, 0.4) is 0 Å². The van der Waals surface area contributed by atoms with Crippen LogP contribution < -0.4 is 10.5 Å². The minimum Gasteiger partial charge on any atom is -0.457 e. The van der Waals surface area contributed by atoms with Crippen LogP contribution in [0.1, 0.15) is 26.3 Å². The number of carbonyl (C=O) groups excluding carboxylic acids is 2. The molecule has 1 aromatic heterocycles. The van der Waals surface area contributed by atoms with E-state index >= 15 is 0 Å². The van der Waals surface area contributed by atoms with E-state index in [-0.39, 0.29) is 27.6 Å². The molecule has 3 aromatic carbocycles. The lowest BCUT2D eigenvalue weighted by atomic mass is 9.92. The summed E-state index contributed by atoms with van der Waals surface area (Å²) >= 11 is 6.72. The number of pyridine rings is 1. The van der Waals surface area contributed by atoms with E-state index in [0.29, 0.717) is 28.7 Å². The number of aromatic nitrogens is 1. The highest BCUT2D eigenvalue weighted by atomic mass is 35.5. The van der Waals surface area contributed by atoms with E-state index in [1.807, 2.05) is 48.5 Å². The summed E-state index contributed by atoms with van der Waals surface area (Å²) in [6.07, 6.45) is 3.75. The van der Waals surface area contributed by atoms with E-state index in [2.05, 4.69) is 11.6 Å². The third-order valence-corrected chi connectivity index (χ3v) is 5.52. The molecule has 162 valence electrons. The van der Waals surface area contributed by atoms with Gasteiger partial charge in [-0.3, -0.25) is 14.6 Å². The first-order valence-electron chi connectivity index (χ1n) is 10.1. The van der Waals surface area contributed by atoms with Crippen molar-refractivity contribution in [3.63, 3.8) is 0 Å². The molecular formula is C27H19ClN2O3. The van der Waals surface area contributed by atoms with Gasteiger partial charge >= 0.3 is 0 Å². The molecule has 0 spiro atoms. The molecule has 5 nitrogen and oxygen atoms in total. The fourth-order valence-corrected chi connectivity index (χ4v) is 3.97. The number of amides is 1. The maximum absolute atomic E-state index is 12.6. The Labute approximate surface area is 196 Å². The molecule has 0 saturated heterocycles. The number of hydrogen-bond donors (Lipinski definition) is 1. The number of hydrogen-bond acceptors (Lipinski definition) is 4. The molecule has 1 heterocycles. The monoisotopic (exact) mass is 454 g/mol. The minimum atomic E-state index is -0.666. The fraction of sp³-hybridized carbons (Fsp3) is 0. The predicted octanol–water partition coefficient (Wildman–Crippen LogP) is 6.42. The molecule has 0 atom stereocenters. The molecule has 4 aromatic rings. The van der Waals surface area contributed by atoms with Crippen molar-refractivity contribution in [2.75, 3.05) is 0 Å². The Bertz CT molecular complexity index is 1350. The van der Waals surface area contributed by atoms with E-state index in [0.717, 1.165) is 5.56 Å². The summed E-state index contributed by atoms with van der Waals surface area (Å²) in [5.74, 6) is 0.140. The number of ether oxygens (including phenoxy) is 1. The lowest BCUT2D eigenvalue weighted by Crippen LogP contribution is -2.15. The summed E-state index contributed by atoms with van der Waals surface area (Å²) in [5, 5.41) is 0.0912. The van der Waals surface area contributed by atoms with Crippen molar-refractivity contribution >= 4 is 29.9 Å². The number of halogens is 1. The summed E-state index contributed by atoms with van der Waals surface area (Å²) in [6.45, 7) is 3.87. The quantitative estimate of drug-likeness (QED) is 0.327. The highest BCUT2D eigenvalue weighted by Crippen LogP contribution is 2.42. The predicted molar refractivity (Wildman–Crippen MR) is 131 cm³/mol. The third kappa shape index (κ3) is 4.27. The van der Waals surface area contributed by atoms with Crippen LogP contribution in [-0.2, 0) is 0 Å². The summed E-state index contributed by atoms with van der Waals surface area (Å²) in [5.41, 5.74) is 8.70. The van der Waals surface area contributed by atoms with Gasteiger partial charge in [-0.25, -0.2) is 0 Å². The van der Waals surface area contributed by atoms with Gasteiger partial charge in [-0.1, -0.05) is 72.8 Å². The highest BCUT2D eigenvalue weighted by molar-refractivity contribution is 6.36. The van der Waals surface area contributed by atoms with E-state index in [1.54, 1.807) is 36.5 Å². The number of carbonyl (C=O) groups is 2. The van der Waals surface area contributed by atoms with Gasteiger partial charge in [-0.2, -0.15) is 0 Å². The third-order valence-electron chi connectivity index (χ3n) is 5.12. The molecule has 4 rings (SSSR count). The van der Waals surface area contributed by atoms with Gasteiger partial charge in [0.05, 0.1) is 21.8 Å². The molecule has 2 N–H and O–H groups in total. The van der Waals surface area contributed by atoms with Crippen LogP contribution in [0.5, 0.6) is 11.5 Å². The summed E-state index contributed by atoms with van der Waals surface area (Å²) < 4.78 is 5.91. The number of benzene rings is 3. The standard InChI is InChI=1S/C27H19ClN2O3/c1-2-17-15-22(33-19-11-7-4-8-12-19)21(16-31)25(28)23(17)26-24(27(29)32)20(13-14-30-26)18-9-5-3-6-10-18/h2-16H,1H2,(H2,29,32). The van der Waals surface area contributed by atoms with Crippen LogP contribution in [0.15, 0.2) is 85.6 Å². The van der Waals surface area contributed by atoms with Gasteiger partial charge < -0.3 is 10.5 Å². The summed E-state index contributed by atoms with van der Waals surface area (Å²) in [7, 11) is 0. The largest absolute Gasteiger partial charge is 0.457 e. The number of nitrogens with two attached hydrogens (primary N) is 1. The average Bonchev–Trinajstić information content (AvgIpc) is 2.84. The van der Waals surface area contributed by atoms with E-state index in [1.165, 1.54) is 0 Å². The topological polar surface area (TPSA) is 82.3 Å². The lowest BCUT2D eigenvalue weighted by Gasteiger charge is -2.18. The first-order valence-corrected chi connectivity index (χ1v) is 10.4. The van der Waals surface area contributed by atoms with Gasteiger partial charge in [-0.05, 0) is 41.0 Å². The first-order chi connectivity index (χ1) is 16.0. The van der Waals surface area contributed by atoms with E-state index in [4.69, 9.17) is 22.1 Å². The van der Waals surface area contributed by atoms with Crippen molar-refractivity contribution in [3.05, 3.63) is 107 Å². The zero-order chi connectivity index (χ0) is 23.4. The molecule has 0 fully saturated rings. The summed E-state index contributed by atoms with van der Waals surface area (Å²) in [4.78, 5) is 29.0. The first kappa shape index (κ1) is 22.0. The number of para-hydroxylation sites is 1. The van der Waals surface area contributed by atoms with E-state index < -0.39 is 5.91 Å². The molecule has 0 unspecified atom stereocenters. The van der Waals surface area contributed by atoms with Gasteiger partial charge in [0.2, 0.25) is 0 Å². The van der Waals surface area contributed by atoms with Gasteiger partial charge in [0.1, 0.15) is 11.5 Å². The van der Waals surface area contributed by atoms with Gasteiger partial charge in [0.25, 0.3) is 5.91 Å². The maximum atomic E-state index is 12.6. The smallest absolute Gasteiger partial charge is 0.251 e. The van der Waals surface area contributed by atoms with Crippen molar-refractivity contribution < 1.29 is 14.3 Å². The Morgan fingerprint density at radius 3 is 2.30 bits per heavy atom. The normalized spacial score (nSPS) is 10.5. The molecule has 0 saturated carbocycles. The number of aldehydes is 1. The zero-order valence-corrected chi connectivity index (χ0v) is 18.3. The Kier molecular flexibility index (Phi) is 6.33. The van der Waals surface area contributed by atoms with Gasteiger partial charge in [0, 0.05) is 11.8 Å². The molecule has 6 heteroatoms. The second kappa shape index (κ2) is 9.51. The molecular weight excluding hydrogens is 436 g/mol. The fourth-order valence-electron chi connectivity index (χ4n) is 3.63. The molecule has 33 heavy (non-hydrogen) atoms. The van der Waals surface area contributed by atoms with E-state index in [9.17, 15) is 9.59 Å². The van der Waals surface area contributed by atoms with Crippen molar-refractivity contribution in [1.82, 2.24) is 4.98 Å². The second-order valence-corrected chi connectivity index (χ2v) is 7.49. The van der Waals surface area contributed by atoms with Crippen LogP contribution in [0, 0.1) is 0 Å². The number of primary amides is 1. The highest BCUT2D eigenvalue weighted by Gasteiger charge is 2.25.